The summed E-state index contributed by atoms with van der Waals surface area (Å²) in [7, 11) is 0.597. The van der Waals surface area contributed by atoms with Crippen LogP contribution in [-0.2, 0) is 19.4 Å². The molecule has 2 amide bonds. The second-order valence-electron chi connectivity index (χ2n) is 7.69. The summed E-state index contributed by atoms with van der Waals surface area (Å²) in [6.07, 6.45) is 3.72. The smallest absolute Gasteiger partial charge is 0.312 e. The number of hydrogen-bond donors (Lipinski definition) is 0. The van der Waals surface area contributed by atoms with E-state index in [1.54, 1.807) is 18.5 Å². The third-order valence-corrected chi connectivity index (χ3v) is 7.03. The van der Waals surface area contributed by atoms with Crippen LogP contribution in [0.25, 0.3) is 0 Å². The monoisotopic (exact) mass is 424 g/mol. The Morgan fingerprint density at radius 1 is 1.10 bits per heavy atom. The van der Waals surface area contributed by atoms with E-state index >= 15 is 0 Å². The molecule has 2 saturated heterocycles. The van der Waals surface area contributed by atoms with Crippen LogP contribution in [0.4, 0.5) is 5.95 Å². The fourth-order valence-electron chi connectivity index (χ4n) is 3.60. The van der Waals surface area contributed by atoms with Crippen LogP contribution in [0.5, 0.6) is 0 Å². The summed E-state index contributed by atoms with van der Waals surface area (Å²) in [4.78, 5) is 41.2. The molecule has 160 valence electrons. The van der Waals surface area contributed by atoms with Crippen LogP contribution in [0.1, 0.15) is 6.42 Å². The SMILES string of the molecule is CN(C)CCN(C(=O)C(=O)N1CCN(c2ncccn2)CC1)C1CCS(=O)(=O)C1. The predicted molar refractivity (Wildman–Crippen MR) is 108 cm³/mol. The molecule has 0 aliphatic carbocycles. The van der Waals surface area contributed by atoms with E-state index in [1.807, 2.05) is 23.9 Å². The lowest BCUT2D eigenvalue weighted by atomic mass is 10.2. The Morgan fingerprint density at radius 3 is 2.31 bits per heavy atom. The van der Waals surface area contributed by atoms with Crippen molar-refractivity contribution in [2.75, 3.05) is 69.8 Å². The number of amides is 2. The second kappa shape index (κ2) is 9.04. The standard InChI is InChI=1S/C18H28N6O4S/c1-21(2)7-12-24(15-4-13-29(27,28)14-15)17(26)16(25)22-8-10-23(11-9-22)18-19-5-3-6-20-18/h3,5-6,15H,4,7-14H2,1-2H3. The summed E-state index contributed by atoms with van der Waals surface area (Å²) in [5.74, 6) is -0.582. The molecule has 11 heteroatoms. The number of nitrogens with zero attached hydrogens (tertiary/aromatic N) is 6. The fourth-order valence-corrected chi connectivity index (χ4v) is 5.33. The highest BCUT2D eigenvalue weighted by molar-refractivity contribution is 7.91. The number of aromatic nitrogens is 2. The number of piperazine rings is 1. The number of carbonyl (C=O) groups excluding carboxylic acids is 2. The van der Waals surface area contributed by atoms with Crippen molar-refractivity contribution in [1.82, 2.24) is 24.7 Å². The van der Waals surface area contributed by atoms with E-state index in [-0.39, 0.29) is 11.5 Å². The highest BCUT2D eigenvalue weighted by atomic mass is 32.2. The minimum atomic E-state index is -3.15. The molecule has 1 aromatic heterocycles. The van der Waals surface area contributed by atoms with E-state index < -0.39 is 27.7 Å². The van der Waals surface area contributed by atoms with Gasteiger partial charge in [0.05, 0.1) is 11.5 Å². The minimum Gasteiger partial charge on any atom is -0.337 e. The Kier molecular flexibility index (Phi) is 6.68. The molecule has 3 rings (SSSR count). The maximum atomic E-state index is 13.0. The zero-order valence-corrected chi connectivity index (χ0v) is 17.7. The highest BCUT2D eigenvalue weighted by Gasteiger charge is 2.38. The zero-order chi connectivity index (χ0) is 21.0. The van der Waals surface area contributed by atoms with Gasteiger partial charge in [-0.05, 0) is 26.6 Å². The summed E-state index contributed by atoms with van der Waals surface area (Å²) in [6, 6.07) is 1.31. The number of likely N-dealkylation sites (N-methyl/N-ethyl adjacent to an activating group) is 1. The van der Waals surface area contributed by atoms with E-state index in [1.165, 1.54) is 9.80 Å². The summed E-state index contributed by atoms with van der Waals surface area (Å²) in [6.45, 7) is 2.77. The average molecular weight is 425 g/mol. The number of hydrogen-bond acceptors (Lipinski definition) is 8. The van der Waals surface area contributed by atoms with Gasteiger partial charge in [-0.1, -0.05) is 0 Å². The van der Waals surface area contributed by atoms with Crippen molar-refractivity contribution in [3.05, 3.63) is 18.5 Å². The predicted octanol–water partition coefficient (Wildman–Crippen LogP) is -1.30. The van der Waals surface area contributed by atoms with Gasteiger partial charge in [-0.3, -0.25) is 9.59 Å². The number of sulfone groups is 1. The number of anilines is 1. The van der Waals surface area contributed by atoms with Gasteiger partial charge in [-0.2, -0.15) is 0 Å². The fraction of sp³-hybridized carbons (Fsp3) is 0.667. The van der Waals surface area contributed by atoms with Gasteiger partial charge < -0.3 is 19.6 Å². The van der Waals surface area contributed by atoms with Crippen molar-refractivity contribution in [3.8, 4) is 0 Å². The van der Waals surface area contributed by atoms with Crippen LogP contribution < -0.4 is 4.90 Å². The van der Waals surface area contributed by atoms with Gasteiger partial charge in [-0.15, -0.1) is 0 Å². The van der Waals surface area contributed by atoms with Gasteiger partial charge in [-0.25, -0.2) is 18.4 Å². The molecule has 0 radical (unpaired) electrons. The summed E-state index contributed by atoms with van der Waals surface area (Å²) in [5, 5.41) is 0. The molecule has 1 atom stereocenters. The third-order valence-electron chi connectivity index (χ3n) is 5.28. The number of carbonyl (C=O) groups is 2. The van der Waals surface area contributed by atoms with E-state index in [4.69, 9.17) is 0 Å². The minimum absolute atomic E-state index is 0.0628. The first-order valence-corrected chi connectivity index (χ1v) is 11.6. The molecular formula is C18H28N6O4S. The van der Waals surface area contributed by atoms with Gasteiger partial charge in [0.2, 0.25) is 5.95 Å². The second-order valence-corrected chi connectivity index (χ2v) is 9.92. The first-order valence-electron chi connectivity index (χ1n) is 9.74. The highest BCUT2D eigenvalue weighted by Crippen LogP contribution is 2.19. The van der Waals surface area contributed by atoms with Crippen molar-refractivity contribution in [2.24, 2.45) is 0 Å². The van der Waals surface area contributed by atoms with Gasteiger partial charge in [0, 0.05) is 57.7 Å². The Labute approximate surface area is 171 Å². The van der Waals surface area contributed by atoms with E-state index in [0.29, 0.717) is 51.6 Å². The van der Waals surface area contributed by atoms with E-state index in [9.17, 15) is 18.0 Å². The van der Waals surface area contributed by atoms with Crippen LogP contribution in [0.15, 0.2) is 18.5 Å². The average Bonchev–Trinajstić information content (AvgIpc) is 3.07. The number of rotatable bonds is 5. The molecule has 0 saturated carbocycles. The molecule has 0 N–H and O–H groups in total. The Bertz CT molecular complexity index is 824. The van der Waals surface area contributed by atoms with Crippen LogP contribution in [0.2, 0.25) is 0 Å². The first-order chi connectivity index (χ1) is 13.8. The maximum Gasteiger partial charge on any atom is 0.312 e. The van der Waals surface area contributed by atoms with Gasteiger partial charge in [0.25, 0.3) is 0 Å². The Hall–Kier alpha value is -2.27. The molecule has 0 bridgehead atoms. The molecule has 2 aliphatic rings. The summed E-state index contributed by atoms with van der Waals surface area (Å²) >= 11 is 0. The Balaban J connectivity index is 1.63. The van der Waals surface area contributed by atoms with Crippen LogP contribution in [0, 0.1) is 0 Å². The normalized spacial score (nSPS) is 21.4. The van der Waals surface area contributed by atoms with Crippen molar-refractivity contribution < 1.29 is 18.0 Å². The largest absolute Gasteiger partial charge is 0.337 e. The quantitative estimate of drug-likeness (QED) is 0.537. The zero-order valence-electron chi connectivity index (χ0n) is 16.9. The lowest BCUT2D eigenvalue weighted by Gasteiger charge is -2.36. The molecule has 1 aromatic rings. The van der Waals surface area contributed by atoms with Gasteiger partial charge in [0.15, 0.2) is 9.84 Å². The van der Waals surface area contributed by atoms with Gasteiger partial charge >= 0.3 is 11.8 Å². The molecule has 2 fully saturated rings. The Morgan fingerprint density at radius 2 is 1.76 bits per heavy atom. The van der Waals surface area contributed by atoms with Crippen molar-refractivity contribution in [1.29, 1.82) is 0 Å². The molecule has 1 unspecified atom stereocenters. The molecule has 10 nitrogen and oxygen atoms in total. The van der Waals surface area contributed by atoms with Crippen molar-refractivity contribution in [3.63, 3.8) is 0 Å². The van der Waals surface area contributed by atoms with E-state index in [0.717, 1.165) is 0 Å². The molecule has 29 heavy (non-hydrogen) atoms. The van der Waals surface area contributed by atoms with E-state index in [2.05, 4.69) is 9.97 Å². The van der Waals surface area contributed by atoms with Crippen LogP contribution in [-0.4, -0.2) is 116 Å². The molecule has 0 aromatic carbocycles. The third kappa shape index (κ3) is 5.41. The lowest BCUT2D eigenvalue weighted by Crippen LogP contribution is -2.56. The molecule has 2 aliphatic heterocycles. The molecule has 3 heterocycles. The van der Waals surface area contributed by atoms with Gasteiger partial charge in [0.1, 0.15) is 0 Å². The molecular weight excluding hydrogens is 396 g/mol. The lowest BCUT2D eigenvalue weighted by molar-refractivity contribution is -0.153. The summed E-state index contributed by atoms with van der Waals surface area (Å²) in [5.41, 5.74) is 0. The molecule has 0 spiro atoms. The first kappa shape index (κ1) is 21.4. The summed E-state index contributed by atoms with van der Waals surface area (Å²) < 4.78 is 23.8. The van der Waals surface area contributed by atoms with Crippen LogP contribution in [0.3, 0.4) is 0 Å². The van der Waals surface area contributed by atoms with Crippen LogP contribution >= 0.6 is 0 Å². The topological polar surface area (TPSA) is 107 Å². The van der Waals surface area contributed by atoms with Crippen molar-refractivity contribution in [2.45, 2.75) is 12.5 Å². The van der Waals surface area contributed by atoms with Crippen molar-refractivity contribution >= 4 is 27.6 Å². The maximum absolute atomic E-state index is 13.0.